The average molecular weight is 194 g/mol. The molecule has 1 amide bonds. The number of carbonyl (C=O) groups is 1. The molecule has 0 radical (unpaired) electrons. The maximum Gasteiger partial charge on any atom is 0.240 e. The van der Waals surface area contributed by atoms with Crippen LogP contribution in [-0.2, 0) is 4.79 Å². The summed E-state index contributed by atoms with van der Waals surface area (Å²) in [4.78, 5) is 12.1. The molecule has 1 aliphatic heterocycles. The maximum atomic E-state index is 12.1. The van der Waals surface area contributed by atoms with E-state index in [1.807, 2.05) is 5.01 Å². The summed E-state index contributed by atoms with van der Waals surface area (Å²) < 4.78 is 0. The molecule has 0 aromatic heterocycles. The van der Waals surface area contributed by atoms with Crippen LogP contribution < -0.4 is 5.43 Å². The molecular weight excluding hydrogens is 176 g/mol. The normalized spacial score (nSPS) is 40.9. The zero-order valence-corrected chi connectivity index (χ0v) is 8.54. The predicted octanol–water partition coefficient (Wildman–Crippen LogP) is 1.16. The number of hydrazine groups is 1. The Morgan fingerprint density at radius 2 is 2.21 bits per heavy atom. The van der Waals surface area contributed by atoms with Gasteiger partial charge in [0, 0.05) is 19.0 Å². The van der Waals surface area contributed by atoms with Crippen LogP contribution in [0, 0.1) is 17.8 Å². The fraction of sp³-hybridized carbons (Fsp3) is 0.909. The van der Waals surface area contributed by atoms with Crippen molar-refractivity contribution in [2.24, 2.45) is 17.8 Å². The predicted molar refractivity (Wildman–Crippen MR) is 53.3 cm³/mol. The first kappa shape index (κ1) is 8.72. The third-order valence-corrected chi connectivity index (χ3v) is 4.18. The topological polar surface area (TPSA) is 32.3 Å². The van der Waals surface area contributed by atoms with Crippen LogP contribution in [-0.4, -0.2) is 24.0 Å². The Balaban J connectivity index is 1.67. The fourth-order valence-electron chi connectivity index (χ4n) is 3.47. The van der Waals surface area contributed by atoms with Gasteiger partial charge in [-0.05, 0) is 37.5 Å². The van der Waals surface area contributed by atoms with E-state index in [2.05, 4.69) is 5.43 Å². The van der Waals surface area contributed by atoms with Gasteiger partial charge in [0.25, 0.3) is 0 Å². The van der Waals surface area contributed by atoms with E-state index < -0.39 is 0 Å². The van der Waals surface area contributed by atoms with Crippen LogP contribution in [0.4, 0.5) is 0 Å². The van der Waals surface area contributed by atoms with Crippen molar-refractivity contribution in [1.29, 1.82) is 0 Å². The standard InChI is InChI=1S/C11H18N2O/c14-11(13-5-1-4-12-13)10-7-8-2-3-9(10)6-8/h8-10,12H,1-7H2. The summed E-state index contributed by atoms with van der Waals surface area (Å²) >= 11 is 0. The van der Waals surface area contributed by atoms with Gasteiger partial charge in [0.2, 0.25) is 5.91 Å². The Morgan fingerprint density at radius 1 is 1.29 bits per heavy atom. The summed E-state index contributed by atoms with van der Waals surface area (Å²) in [5.74, 6) is 2.33. The molecule has 0 aromatic rings. The van der Waals surface area contributed by atoms with Crippen LogP contribution in [0.2, 0.25) is 0 Å². The number of fused-ring (bicyclic) bond motifs is 2. The van der Waals surface area contributed by atoms with Crippen LogP contribution in [0.1, 0.15) is 32.1 Å². The van der Waals surface area contributed by atoms with Gasteiger partial charge >= 0.3 is 0 Å². The third kappa shape index (κ3) is 1.26. The second-order valence-electron chi connectivity index (χ2n) is 5.03. The van der Waals surface area contributed by atoms with Gasteiger partial charge in [-0.15, -0.1) is 0 Å². The molecule has 3 unspecified atom stereocenters. The van der Waals surface area contributed by atoms with Crippen molar-refractivity contribution >= 4 is 5.91 Å². The summed E-state index contributed by atoms with van der Waals surface area (Å²) in [6.45, 7) is 1.90. The van der Waals surface area contributed by atoms with Crippen molar-refractivity contribution < 1.29 is 4.79 Å². The first-order chi connectivity index (χ1) is 6.84. The number of carbonyl (C=O) groups excluding carboxylic acids is 1. The van der Waals surface area contributed by atoms with Crippen molar-refractivity contribution in [2.75, 3.05) is 13.1 Å². The van der Waals surface area contributed by atoms with E-state index in [0.29, 0.717) is 11.8 Å². The molecule has 14 heavy (non-hydrogen) atoms. The zero-order chi connectivity index (χ0) is 9.54. The largest absolute Gasteiger partial charge is 0.278 e. The quantitative estimate of drug-likeness (QED) is 0.679. The molecule has 3 aliphatic rings. The Kier molecular flexibility index (Phi) is 2.01. The van der Waals surface area contributed by atoms with Crippen LogP contribution in [0.3, 0.4) is 0 Å². The Labute approximate surface area is 84.8 Å². The van der Waals surface area contributed by atoms with E-state index >= 15 is 0 Å². The van der Waals surface area contributed by atoms with Crippen molar-refractivity contribution in [1.82, 2.24) is 10.4 Å². The Bertz CT molecular complexity index is 248. The first-order valence-corrected chi connectivity index (χ1v) is 5.89. The molecule has 3 heteroatoms. The van der Waals surface area contributed by atoms with Gasteiger partial charge in [-0.25, -0.2) is 5.43 Å². The minimum atomic E-state index is 0.361. The lowest BCUT2D eigenvalue weighted by atomic mass is 9.88. The SMILES string of the molecule is O=C(C1CC2CCC1C2)N1CCCN1. The summed E-state index contributed by atoms with van der Waals surface area (Å²) in [6.07, 6.45) is 6.29. The van der Waals surface area contributed by atoms with Crippen molar-refractivity contribution in [3.05, 3.63) is 0 Å². The van der Waals surface area contributed by atoms with Crippen LogP contribution in [0.5, 0.6) is 0 Å². The van der Waals surface area contributed by atoms with E-state index in [0.717, 1.165) is 31.3 Å². The van der Waals surface area contributed by atoms with Crippen molar-refractivity contribution in [3.63, 3.8) is 0 Å². The lowest BCUT2D eigenvalue weighted by molar-refractivity contribution is -0.138. The molecule has 2 bridgehead atoms. The second kappa shape index (κ2) is 3.23. The second-order valence-corrected chi connectivity index (χ2v) is 5.03. The van der Waals surface area contributed by atoms with Gasteiger partial charge in [0.05, 0.1) is 0 Å². The lowest BCUT2D eigenvalue weighted by Crippen LogP contribution is -2.42. The summed E-state index contributed by atoms with van der Waals surface area (Å²) in [5, 5.41) is 1.87. The van der Waals surface area contributed by atoms with E-state index in [4.69, 9.17) is 0 Å². The minimum Gasteiger partial charge on any atom is -0.278 e. The van der Waals surface area contributed by atoms with Gasteiger partial charge in [0.15, 0.2) is 0 Å². The molecule has 0 aromatic carbocycles. The summed E-state index contributed by atoms with van der Waals surface area (Å²) in [5.41, 5.74) is 3.18. The van der Waals surface area contributed by atoms with E-state index in [1.165, 1.54) is 25.7 Å². The highest BCUT2D eigenvalue weighted by atomic mass is 16.2. The Hall–Kier alpha value is -0.570. The van der Waals surface area contributed by atoms with Crippen LogP contribution >= 0.6 is 0 Å². The lowest BCUT2D eigenvalue weighted by Gasteiger charge is -2.25. The van der Waals surface area contributed by atoms with Gasteiger partial charge < -0.3 is 0 Å². The molecule has 3 fully saturated rings. The Morgan fingerprint density at radius 3 is 2.79 bits per heavy atom. The molecule has 1 saturated heterocycles. The first-order valence-electron chi connectivity index (χ1n) is 5.89. The van der Waals surface area contributed by atoms with E-state index in [1.54, 1.807) is 0 Å². The monoisotopic (exact) mass is 194 g/mol. The zero-order valence-electron chi connectivity index (χ0n) is 8.54. The molecule has 0 spiro atoms. The molecule has 3 nitrogen and oxygen atoms in total. The van der Waals surface area contributed by atoms with Gasteiger partial charge in [-0.1, -0.05) is 6.42 Å². The fourth-order valence-corrected chi connectivity index (χ4v) is 3.47. The number of amides is 1. The smallest absolute Gasteiger partial charge is 0.240 e. The summed E-state index contributed by atoms with van der Waals surface area (Å²) in [7, 11) is 0. The highest BCUT2D eigenvalue weighted by Gasteiger charge is 2.44. The number of hydrogen-bond donors (Lipinski definition) is 1. The van der Waals surface area contributed by atoms with Crippen LogP contribution in [0.25, 0.3) is 0 Å². The van der Waals surface area contributed by atoms with Crippen LogP contribution in [0.15, 0.2) is 0 Å². The molecule has 1 N–H and O–H groups in total. The minimum absolute atomic E-state index is 0.361. The van der Waals surface area contributed by atoms with Gasteiger partial charge in [-0.3, -0.25) is 9.80 Å². The summed E-state index contributed by atoms with van der Waals surface area (Å²) in [6, 6.07) is 0. The third-order valence-electron chi connectivity index (χ3n) is 4.18. The van der Waals surface area contributed by atoms with Crippen molar-refractivity contribution in [2.45, 2.75) is 32.1 Å². The molecule has 3 atom stereocenters. The average Bonchev–Trinajstić information content (AvgIpc) is 2.93. The number of hydrogen-bond acceptors (Lipinski definition) is 2. The molecule has 1 heterocycles. The highest BCUT2D eigenvalue weighted by molar-refractivity contribution is 5.79. The molecule has 2 aliphatic carbocycles. The maximum absolute atomic E-state index is 12.1. The van der Waals surface area contributed by atoms with Gasteiger partial charge in [-0.2, -0.15) is 0 Å². The number of rotatable bonds is 1. The number of nitrogens with zero attached hydrogens (tertiary/aromatic N) is 1. The molecule has 2 saturated carbocycles. The highest BCUT2D eigenvalue weighted by Crippen LogP contribution is 2.48. The molecule has 78 valence electrons. The number of nitrogens with one attached hydrogen (secondary N) is 1. The van der Waals surface area contributed by atoms with E-state index in [-0.39, 0.29) is 0 Å². The van der Waals surface area contributed by atoms with Gasteiger partial charge in [0.1, 0.15) is 0 Å². The van der Waals surface area contributed by atoms with E-state index in [9.17, 15) is 4.79 Å². The molecular formula is C11H18N2O. The van der Waals surface area contributed by atoms with Crippen molar-refractivity contribution in [3.8, 4) is 0 Å². The molecule has 3 rings (SSSR count).